The number of hydrogen-bond donors (Lipinski definition) is 0. The number of benzene rings is 1. The van der Waals surface area contributed by atoms with E-state index in [0.29, 0.717) is 17.4 Å². The molecule has 22 heavy (non-hydrogen) atoms. The summed E-state index contributed by atoms with van der Waals surface area (Å²) in [6, 6.07) is 9.37. The molecule has 2 aromatic heterocycles. The molecule has 0 amide bonds. The van der Waals surface area contributed by atoms with Gasteiger partial charge in [0, 0.05) is 5.39 Å². The Kier molecular flexibility index (Phi) is 2.85. The van der Waals surface area contributed by atoms with Gasteiger partial charge in [0.15, 0.2) is 5.82 Å². The van der Waals surface area contributed by atoms with Crippen molar-refractivity contribution in [3.8, 4) is 17.3 Å². The second kappa shape index (κ2) is 4.76. The molecule has 0 unspecified atom stereocenters. The molecule has 0 radical (unpaired) electrons. The number of ether oxygens (including phenoxy) is 1. The molecular weight excluding hydrogens is 285 g/mol. The Hall–Kier alpha value is -2.50. The van der Waals surface area contributed by atoms with Gasteiger partial charge in [-0.1, -0.05) is 11.2 Å². The highest BCUT2D eigenvalue weighted by Gasteiger charge is 2.48. The molecule has 1 aromatic carbocycles. The van der Waals surface area contributed by atoms with E-state index in [1.165, 1.54) is 0 Å². The standard InChI is InChI=1S/C16H14FN3O2/c1-21-11-3-5-12-10(8-11)2-4-13(18-12)14-19-15(20-22-14)16(9-17)6-7-16/h2-5,8H,6-7,9H2,1H3. The summed E-state index contributed by atoms with van der Waals surface area (Å²) in [6.45, 7) is -0.448. The van der Waals surface area contributed by atoms with Crippen LogP contribution in [0.25, 0.3) is 22.5 Å². The average Bonchev–Trinajstić information content (AvgIpc) is 3.22. The van der Waals surface area contributed by atoms with Crippen molar-refractivity contribution in [1.29, 1.82) is 0 Å². The third-order valence-electron chi connectivity index (χ3n) is 4.13. The molecule has 0 aliphatic heterocycles. The van der Waals surface area contributed by atoms with Crippen molar-refractivity contribution in [3.05, 3.63) is 36.2 Å². The zero-order valence-corrected chi connectivity index (χ0v) is 12.0. The molecule has 0 bridgehead atoms. The molecule has 5 nitrogen and oxygen atoms in total. The van der Waals surface area contributed by atoms with Crippen molar-refractivity contribution in [2.75, 3.05) is 13.8 Å². The van der Waals surface area contributed by atoms with E-state index in [2.05, 4.69) is 15.1 Å². The van der Waals surface area contributed by atoms with Crippen LogP contribution in [0, 0.1) is 0 Å². The molecule has 6 heteroatoms. The van der Waals surface area contributed by atoms with Crippen LogP contribution < -0.4 is 4.74 Å². The van der Waals surface area contributed by atoms with Gasteiger partial charge in [-0.2, -0.15) is 4.98 Å². The number of pyridine rings is 1. The van der Waals surface area contributed by atoms with Crippen molar-refractivity contribution in [3.63, 3.8) is 0 Å². The summed E-state index contributed by atoms with van der Waals surface area (Å²) in [6.07, 6.45) is 1.54. The predicted molar refractivity (Wildman–Crippen MR) is 78.5 cm³/mol. The Morgan fingerprint density at radius 1 is 1.23 bits per heavy atom. The molecule has 0 atom stereocenters. The van der Waals surface area contributed by atoms with E-state index < -0.39 is 12.1 Å². The monoisotopic (exact) mass is 299 g/mol. The summed E-state index contributed by atoms with van der Waals surface area (Å²) in [7, 11) is 1.63. The van der Waals surface area contributed by atoms with Crippen LogP contribution in [0.3, 0.4) is 0 Å². The minimum Gasteiger partial charge on any atom is -0.497 e. The van der Waals surface area contributed by atoms with Crippen LogP contribution in [-0.4, -0.2) is 28.9 Å². The SMILES string of the molecule is COc1ccc2nc(-c3nc(C4(CF)CC4)no3)ccc2c1. The molecule has 1 aliphatic rings. The summed E-state index contributed by atoms with van der Waals surface area (Å²) >= 11 is 0. The van der Waals surface area contributed by atoms with Crippen LogP contribution >= 0.6 is 0 Å². The number of methoxy groups -OCH3 is 1. The summed E-state index contributed by atoms with van der Waals surface area (Å²) in [5.41, 5.74) is 0.877. The first-order valence-corrected chi connectivity index (χ1v) is 7.09. The van der Waals surface area contributed by atoms with Crippen molar-refractivity contribution in [2.24, 2.45) is 0 Å². The lowest BCUT2D eigenvalue weighted by Crippen LogP contribution is -2.10. The molecule has 0 N–H and O–H groups in total. The number of fused-ring (bicyclic) bond motifs is 1. The van der Waals surface area contributed by atoms with Gasteiger partial charge in [0.2, 0.25) is 0 Å². The van der Waals surface area contributed by atoms with E-state index >= 15 is 0 Å². The van der Waals surface area contributed by atoms with Crippen LogP contribution in [0.5, 0.6) is 5.75 Å². The van der Waals surface area contributed by atoms with Gasteiger partial charge in [-0.05, 0) is 37.1 Å². The lowest BCUT2D eigenvalue weighted by Gasteiger charge is -2.03. The van der Waals surface area contributed by atoms with Crippen LogP contribution in [0.1, 0.15) is 18.7 Å². The molecule has 3 aromatic rings. The van der Waals surface area contributed by atoms with Gasteiger partial charge in [0.25, 0.3) is 5.89 Å². The largest absolute Gasteiger partial charge is 0.497 e. The zero-order chi connectivity index (χ0) is 15.2. The topological polar surface area (TPSA) is 61.0 Å². The van der Waals surface area contributed by atoms with Crippen LogP contribution in [0.2, 0.25) is 0 Å². The number of nitrogens with zero attached hydrogens (tertiary/aromatic N) is 3. The van der Waals surface area contributed by atoms with Crippen molar-refractivity contribution < 1.29 is 13.7 Å². The van der Waals surface area contributed by atoms with Gasteiger partial charge in [0.05, 0.1) is 18.0 Å². The highest BCUT2D eigenvalue weighted by molar-refractivity contribution is 5.82. The van der Waals surface area contributed by atoms with E-state index in [-0.39, 0.29) is 0 Å². The first kappa shape index (κ1) is 13.2. The maximum absolute atomic E-state index is 13.1. The maximum atomic E-state index is 13.1. The number of hydrogen-bond acceptors (Lipinski definition) is 5. The average molecular weight is 299 g/mol. The lowest BCUT2D eigenvalue weighted by molar-refractivity contribution is 0.374. The smallest absolute Gasteiger partial charge is 0.276 e. The predicted octanol–water partition coefficient (Wildman–Crippen LogP) is 3.29. The lowest BCUT2D eigenvalue weighted by atomic mass is 10.1. The fraction of sp³-hybridized carbons (Fsp3) is 0.312. The molecular formula is C16H14FN3O2. The number of halogens is 1. The molecule has 2 heterocycles. The molecule has 1 saturated carbocycles. The summed E-state index contributed by atoms with van der Waals surface area (Å²) in [5, 5.41) is 4.88. The fourth-order valence-electron chi connectivity index (χ4n) is 2.46. The maximum Gasteiger partial charge on any atom is 0.276 e. The van der Waals surface area contributed by atoms with Gasteiger partial charge >= 0.3 is 0 Å². The third kappa shape index (κ3) is 2.03. The van der Waals surface area contributed by atoms with Gasteiger partial charge in [0.1, 0.15) is 18.1 Å². The number of aromatic nitrogens is 3. The normalized spacial score (nSPS) is 15.9. The Morgan fingerprint density at radius 3 is 2.82 bits per heavy atom. The Labute approximate surface area is 126 Å². The molecule has 112 valence electrons. The van der Waals surface area contributed by atoms with E-state index in [1.54, 1.807) is 7.11 Å². The summed E-state index contributed by atoms with van der Waals surface area (Å²) in [5.74, 6) is 1.55. The van der Waals surface area contributed by atoms with E-state index in [9.17, 15) is 4.39 Å². The Morgan fingerprint density at radius 2 is 2.09 bits per heavy atom. The van der Waals surface area contributed by atoms with Gasteiger partial charge in [-0.3, -0.25) is 0 Å². The highest BCUT2D eigenvalue weighted by atomic mass is 19.1. The van der Waals surface area contributed by atoms with Crippen molar-refractivity contribution in [2.45, 2.75) is 18.3 Å². The van der Waals surface area contributed by atoms with Crippen LogP contribution in [0.15, 0.2) is 34.9 Å². The van der Waals surface area contributed by atoms with Gasteiger partial charge < -0.3 is 9.26 Å². The quantitative estimate of drug-likeness (QED) is 0.739. The number of alkyl halides is 1. The van der Waals surface area contributed by atoms with E-state index in [4.69, 9.17) is 9.26 Å². The first-order chi connectivity index (χ1) is 10.7. The highest BCUT2D eigenvalue weighted by Crippen LogP contribution is 2.47. The number of rotatable bonds is 4. The minimum absolute atomic E-state index is 0.326. The van der Waals surface area contributed by atoms with Gasteiger partial charge in [-0.25, -0.2) is 9.37 Å². The second-order valence-electron chi connectivity index (χ2n) is 5.59. The zero-order valence-electron chi connectivity index (χ0n) is 12.0. The van der Waals surface area contributed by atoms with Crippen LogP contribution in [-0.2, 0) is 5.41 Å². The molecule has 1 aliphatic carbocycles. The summed E-state index contributed by atoms with van der Waals surface area (Å²) in [4.78, 5) is 8.84. The first-order valence-electron chi connectivity index (χ1n) is 7.09. The van der Waals surface area contributed by atoms with E-state index in [0.717, 1.165) is 29.5 Å². The van der Waals surface area contributed by atoms with Crippen LogP contribution in [0.4, 0.5) is 4.39 Å². The minimum atomic E-state index is -0.522. The molecule has 1 fully saturated rings. The third-order valence-corrected chi connectivity index (χ3v) is 4.13. The Balaban J connectivity index is 1.72. The molecule has 0 saturated heterocycles. The van der Waals surface area contributed by atoms with Crippen molar-refractivity contribution in [1.82, 2.24) is 15.1 Å². The van der Waals surface area contributed by atoms with Gasteiger partial charge in [-0.15, -0.1) is 0 Å². The second-order valence-corrected chi connectivity index (χ2v) is 5.59. The fourth-order valence-corrected chi connectivity index (χ4v) is 2.46. The summed E-state index contributed by atoms with van der Waals surface area (Å²) < 4.78 is 23.5. The molecule has 4 rings (SSSR count). The Bertz CT molecular complexity index is 842. The molecule has 0 spiro atoms. The van der Waals surface area contributed by atoms with Crippen molar-refractivity contribution >= 4 is 10.9 Å². The van der Waals surface area contributed by atoms with E-state index in [1.807, 2.05) is 30.3 Å².